The van der Waals surface area contributed by atoms with Gasteiger partial charge in [0.15, 0.2) is 0 Å². The summed E-state index contributed by atoms with van der Waals surface area (Å²) in [7, 11) is 2.02. The third kappa shape index (κ3) is 2.70. The molecule has 0 bridgehead atoms. The van der Waals surface area contributed by atoms with Gasteiger partial charge in [-0.25, -0.2) is 4.98 Å². The average Bonchev–Trinajstić information content (AvgIpc) is 2.76. The van der Waals surface area contributed by atoms with Crippen LogP contribution in [0.15, 0.2) is 23.0 Å². The summed E-state index contributed by atoms with van der Waals surface area (Å²) in [6.07, 6.45) is 0. The van der Waals surface area contributed by atoms with Gasteiger partial charge in [0.1, 0.15) is 0 Å². The highest BCUT2D eigenvalue weighted by atomic mass is 35.5. The normalized spacial score (nSPS) is 10.5. The van der Waals surface area contributed by atoms with Crippen LogP contribution < -0.4 is 10.6 Å². The first kappa shape index (κ1) is 12.2. The second-order valence-corrected chi connectivity index (χ2v) is 5.12. The number of anilines is 2. The lowest BCUT2D eigenvalue weighted by atomic mass is 10.1. The van der Waals surface area contributed by atoms with Crippen molar-refractivity contribution < 1.29 is 0 Å². The van der Waals surface area contributed by atoms with E-state index >= 15 is 0 Å². The number of hydrogen-bond acceptors (Lipinski definition) is 4. The van der Waals surface area contributed by atoms with Crippen molar-refractivity contribution in [2.45, 2.75) is 13.5 Å². The largest absolute Gasteiger partial charge is 0.398 e. The molecule has 0 fully saturated rings. The summed E-state index contributed by atoms with van der Waals surface area (Å²) >= 11 is 7.65. The molecule has 0 unspecified atom stereocenters. The monoisotopic (exact) mass is 267 g/mol. The van der Waals surface area contributed by atoms with Crippen LogP contribution in [-0.2, 0) is 6.54 Å². The van der Waals surface area contributed by atoms with E-state index in [2.05, 4.69) is 9.88 Å². The standard InChI is InChI=1S/C12H14ClN3S/c1-8-3-11(14)10(13)4-12(8)16(2)5-9-6-17-7-15-9/h3-4,6-7H,5,14H2,1-2H3. The predicted molar refractivity (Wildman–Crippen MR) is 74.8 cm³/mol. The van der Waals surface area contributed by atoms with E-state index in [4.69, 9.17) is 17.3 Å². The number of nitrogens with two attached hydrogens (primary N) is 1. The number of thiazole rings is 1. The summed E-state index contributed by atoms with van der Waals surface area (Å²) in [5.74, 6) is 0. The summed E-state index contributed by atoms with van der Waals surface area (Å²) in [5, 5.41) is 2.64. The topological polar surface area (TPSA) is 42.1 Å². The summed E-state index contributed by atoms with van der Waals surface area (Å²) in [6, 6.07) is 3.80. The molecule has 0 saturated heterocycles. The molecule has 2 N–H and O–H groups in total. The molecule has 1 heterocycles. The van der Waals surface area contributed by atoms with Crippen molar-refractivity contribution in [3.63, 3.8) is 0 Å². The molecule has 2 rings (SSSR count). The molecule has 1 aromatic carbocycles. The van der Waals surface area contributed by atoms with Crippen molar-refractivity contribution in [2.24, 2.45) is 0 Å². The van der Waals surface area contributed by atoms with E-state index in [9.17, 15) is 0 Å². The summed E-state index contributed by atoms with van der Waals surface area (Å²) in [4.78, 5) is 6.39. The van der Waals surface area contributed by atoms with Gasteiger partial charge >= 0.3 is 0 Å². The lowest BCUT2D eigenvalue weighted by molar-refractivity contribution is 0.890. The molecular weight excluding hydrogens is 254 g/mol. The summed E-state index contributed by atoms with van der Waals surface area (Å²) in [6.45, 7) is 2.80. The number of nitrogens with zero attached hydrogens (tertiary/aromatic N) is 2. The van der Waals surface area contributed by atoms with Crippen molar-refractivity contribution >= 4 is 34.3 Å². The van der Waals surface area contributed by atoms with Gasteiger partial charge in [-0.1, -0.05) is 11.6 Å². The fourth-order valence-corrected chi connectivity index (χ4v) is 2.46. The zero-order chi connectivity index (χ0) is 12.4. The molecule has 0 atom stereocenters. The van der Waals surface area contributed by atoms with Gasteiger partial charge in [0.25, 0.3) is 0 Å². The summed E-state index contributed by atoms with van der Waals surface area (Å²) < 4.78 is 0. The Hall–Kier alpha value is -1.26. The van der Waals surface area contributed by atoms with E-state index in [1.807, 2.05) is 37.0 Å². The first-order valence-electron chi connectivity index (χ1n) is 5.21. The number of hydrogen-bond donors (Lipinski definition) is 1. The Balaban J connectivity index is 2.24. The van der Waals surface area contributed by atoms with Crippen LogP contribution in [0.25, 0.3) is 0 Å². The van der Waals surface area contributed by atoms with Gasteiger partial charge in [-0.3, -0.25) is 0 Å². The molecule has 0 aliphatic carbocycles. The Morgan fingerprint density at radius 2 is 2.24 bits per heavy atom. The fourth-order valence-electron chi connectivity index (χ4n) is 1.75. The lowest BCUT2D eigenvalue weighted by Crippen LogP contribution is -2.17. The van der Waals surface area contributed by atoms with Crippen LogP contribution in [0, 0.1) is 6.92 Å². The Morgan fingerprint density at radius 1 is 1.47 bits per heavy atom. The maximum Gasteiger partial charge on any atom is 0.0795 e. The van der Waals surface area contributed by atoms with E-state index < -0.39 is 0 Å². The summed E-state index contributed by atoms with van der Waals surface area (Å²) in [5.41, 5.74) is 11.5. The van der Waals surface area contributed by atoms with Gasteiger partial charge in [-0.05, 0) is 24.6 Å². The predicted octanol–water partition coefficient (Wildman–Crippen LogP) is 3.32. The minimum atomic E-state index is 0.593. The highest BCUT2D eigenvalue weighted by Gasteiger charge is 2.09. The van der Waals surface area contributed by atoms with Crippen molar-refractivity contribution in [2.75, 3.05) is 17.7 Å². The molecule has 0 spiro atoms. The first-order valence-corrected chi connectivity index (χ1v) is 6.54. The third-order valence-electron chi connectivity index (χ3n) is 2.61. The first-order chi connectivity index (χ1) is 8.08. The average molecular weight is 268 g/mol. The number of benzene rings is 1. The molecule has 0 radical (unpaired) electrons. The highest BCUT2D eigenvalue weighted by Crippen LogP contribution is 2.29. The van der Waals surface area contributed by atoms with E-state index in [1.165, 1.54) is 0 Å². The van der Waals surface area contributed by atoms with E-state index in [-0.39, 0.29) is 0 Å². The fraction of sp³-hybridized carbons (Fsp3) is 0.250. The minimum absolute atomic E-state index is 0.593. The van der Waals surface area contributed by atoms with Gasteiger partial charge < -0.3 is 10.6 Å². The number of nitrogen functional groups attached to an aromatic ring is 1. The highest BCUT2D eigenvalue weighted by molar-refractivity contribution is 7.07. The lowest BCUT2D eigenvalue weighted by Gasteiger charge is -2.21. The SMILES string of the molecule is Cc1cc(N)c(Cl)cc1N(C)Cc1cscn1. The molecule has 0 amide bonds. The second-order valence-electron chi connectivity index (χ2n) is 4.00. The van der Waals surface area contributed by atoms with Crippen molar-refractivity contribution in [3.8, 4) is 0 Å². The van der Waals surface area contributed by atoms with Crippen LogP contribution in [-0.4, -0.2) is 12.0 Å². The van der Waals surface area contributed by atoms with E-state index in [0.717, 1.165) is 23.5 Å². The molecule has 90 valence electrons. The zero-order valence-electron chi connectivity index (χ0n) is 9.77. The smallest absolute Gasteiger partial charge is 0.0795 e. The number of halogens is 1. The molecule has 2 aromatic rings. The molecule has 17 heavy (non-hydrogen) atoms. The van der Waals surface area contributed by atoms with Gasteiger partial charge in [-0.2, -0.15) is 0 Å². The van der Waals surface area contributed by atoms with Gasteiger partial charge in [0.2, 0.25) is 0 Å². The Kier molecular flexibility index (Phi) is 3.54. The van der Waals surface area contributed by atoms with Crippen molar-refractivity contribution in [1.29, 1.82) is 0 Å². The zero-order valence-corrected chi connectivity index (χ0v) is 11.3. The molecule has 0 saturated carbocycles. The Morgan fingerprint density at radius 3 is 2.88 bits per heavy atom. The number of aromatic nitrogens is 1. The number of rotatable bonds is 3. The van der Waals surface area contributed by atoms with Crippen LogP contribution in [0.1, 0.15) is 11.3 Å². The Labute approximate surface area is 110 Å². The van der Waals surface area contributed by atoms with Gasteiger partial charge in [-0.15, -0.1) is 11.3 Å². The maximum atomic E-state index is 6.05. The van der Waals surface area contributed by atoms with Crippen LogP contribution in [0.5, 0.6) is 0 Å². The minimum Gasteiger partial charge on any atom is -0.398 e. The second kappa shape index (κ2) is 4.94. The van der Waals surface area contributed by atoms with Crippen molar-refractivity contribution in [3.05, 3.63) is 39.3 Å². The molecule has 5 heteroatoms. The van der Waals surface area contributed by atoms with Crippen LogP contribution in [0.3, 0.4) is 0 Å². The number of aryl methyl sites for hydroxylation is 1. The van der Waals surface area contributed by atoms with Crippen LogP contribution >= 0.6 is 22.9 Å². The van der Waals surface area contributed by atoms with Gasteiger partial charge in [0.05, 0.1) is 28.5 Å². The molecule has 0 aliphatic rings. The van der Waals surface area contributed by atoms with Gasteiger partial charge in [0, 0.05) is 18.1 Å². The van der Waals surface area contributed by atoms with E-state index in [0.29, 0.717) is 10.7 Å². The molecular formula is C12H14ClN3S. The Bertz CT molecular complexity index is 511. The van der Waals surface area contributed by atoms with Crippen molar-refractivity contribution in [1.82, 2.24) is 4.98 Å². The molecule has 1 aromatic heterocycles. The molecule has 3 nitrogen and oxygen atoms in total. The quantitative estimate of drug-likeness (QED) is 0.868. The maximum absolute atomic E-state index is 6.05. The molecule has 0 aliphatic heterocycles. The van der Waals surface area contributed by atoms with E-state index in [1.54, 1.807) is 11.3 Å². The van der Waals surface area contributed by atoms with Crippen LogP contribution in [0.4, 0.5) is 11.4 Å². The third-order valence-corrected chi connectivity index (χ3v) is 3.57. The van der Waals surface area contributed by atoms with Crippen LogP contribution in [0.2, 0.25) is 5.02 Å².